The van der Waals surface area contributed by atoms with E-state index in [0.717, 1.165) is 23.2 Å². The Kier molecular flexibility index (Phi) is 4.68. The smallest absolute Gasteiger partial charge is 0.257 e. The number of carbonyl (C=O) groups excluding carboxylic acids is 1. The molecule has 27 heavy (non-hydrogen) atoms. The van der Waals surface area contributed by atoms with Crippen LogP contribution in [0.2, 0.25) is 5.02 Å². The zero-order valence-electron chi connectivity index (χ0n) is 14.8. The topological polar surface area (TPSA) is 91.1 Å². The molecule has 1 aromatic heterocycles. The summed E-state index contributed by atoms with van der Waals surface area (Å²) in [6, 6.07) is 5.92. The first-order valence-corrected chi connectivity index (χ1v) is 9.09. The Hall–Kier alpha value is -2.69. The van der Waals surface area contributed by atoms with Gasteiger partial charge >= 0.3 is 0 Å². The molecule has 1 aromatic carbocycles. The molecule has 2 aromatic rings. The van der Waals surface area contributed by atoms with Gasteiger partial charge in [0.15, 0.2) is 0 Å². The van der Waals surface area contributed by atoms with Crippen molar-refractivity contribution in [3.8, 4) is 6.07 Å². The van der Waals surface area contributed by atoms with E-state index in [4.69, 9.17) is 16.3 Å². The summed E-state index contributed by atoms with van der Waals surface area (Å²) in [4.78, 5) is 22.9. The lowest BCUT2D eigenvalue weighted by Crippen LogP contribution is -2.27. The molecule has 2 heterocycles. The zero-order valence-corrected chi connectivity index (χ0v) is 15.6. The molecule has 1 N–H and O–H groups in total. The minimum Gasteiger partial charge on any atom is -0.383 e. The largest absolute Gasteiger partial charge is 0.383 e. The van der Waals surface area contributed by atoms with Gasteiger partial charge < -0.3 is 15.0 Å². The fourth-order valence-electron chi connectivity index (χ4n) is 3.68. The molecule has 0 spiro atoms. The maximum absolute atomic E-state index is 12.3. The van der Waals surface area contributed by atoms with Gasteiger partial charge in [-0.25, -0.2) is 9.97 Å². The van der Waals surface area contributed by atoms with Gasteiger partial charge in [-0.1, -0.05) is 11.6 Å². The van der Waals surface area contributed by atoms with Gasteiger partial charge in [0.2, 0.25) is 5.95 Å². The highest BCUT2D eigenvalue weighted by atomic mass is 35.5. The summed E-state index contributed by atoms with van der Waals surface area (Å²) in [5, 5.41) is 13.2. The number of ether oxygens (including phenoxy) is 1. The van der Waals surface area contributed by atoms with Crippen molar-refractivity contribution in [3.63, 3.8) is 0 Å². The van der Waals surface area contributed by atoms with Crippen LogP contribution in [0.15, 0.2) is 18.3 Å². The molecular formula is C19H18ClN5O2. The van der Waals surface area contributed by atoms with Gasteiger partial charge in [-0.2, -0.15) is 5.26 Å². The summed E-state index contributed by atoms with van der Waals surface area (Å²) in [5.41, 5.74) is 4.01. The molecule has 138 valence electrons. The van der Waals surface area contributed by atoms with Crippen LogP contribution in [0, 0.1) is 11.3 Å². The Morgan fingerprint density at radius 2 is 2.30 bits per heavy atom. The molecule has 1 unspecified atom stereocenters. The van der Waals surface area contributed by atoms with Crippen molar-refractivity contribution in [3.05, 3.63) is 51.3 Å². The van der Waals surface area contributed by atoms with Crippen molar-refractivity contribution in [1.82, 2.24) is 14.9 Å². The van der Waals surface area contributed by atoms with Crippen molar-refractivity contribution in [2.75, 3.05) is 25.6 Å². The SMILES string of the molecule is COCCN1Cc2nc(NC3Cc4cc(Cl)cc(C#N)c4C3)ncc2C1=O. The van der Waals surface area contributed by atoms with Crippen molar-refractivity contribution in [1.29, 1.82) is 5.26 Å². The maximum atomic E-state index is 12.3. The Morgan fingerprint density at radius 1 is 1.44 bits per heavy atom. The van der Waals surface area contributed by atoms with Gasteiger partial charge in [-0.05, 0) is 36.1 Å². The number of halogens is 1. The standard InChI is InChI=1S/C19H18ClN5O2/c1-27-3-2-25-10-17-16(18(25)26)9-22-19(24-17)23-14-6-11-4-13(20)5-12(8-21)15(11)7-14/h4-5,9,14H,2-3,6-7,10H2,1H3,(H,22,23,24). The quantitative estimate of drug-likeness (QED) is 0.850. The molecule has 1 aliphatic carbocycles. The predicted molar refractivity (Wildman–Crippen MR) is 99.6 cm³/mol. The molecule has 0 saturated heterocycles. The second-order valence-electron chi connectivity index (χ2n) is 6.73. The molecular weight excluding hydrogens is 366 g/mol. The number of fused-ring (bicyclic) bond motifs is 2. The number of nitrogens with zero attached hydrogens (tertiary/aromatic N) is 4. The number of nitriles is 1. The third-order valence-corrected chi connectivity index (χ3v) is 5.19. The van der Waals surface area contributed by atoms with E-state index < -0.39 is 0 Å². The van der Waals surface area contributed by atoms with Crippen LogP contribution in [0.4, 0.5) is 5.95 Å². The number of methoxy groups -OCH3 is 1. The Labute approximate surface area is 161 Å². The maximum Gasteiger partial charge on any atom is 0.257 e. The highest BCUT2D eigenvalue weighted by molar-refractivity contribution is 6.30. The van der Waals surface area contributed by atoms with Gasteiger partial charge in [-0.3, -0.25) is 4.79 Å². The van der Waals surface area contributed by atoms with Crippen LogP contribution in [0.3, 0.4) is 0 Å². The monoisotopic (exact) mass is 383 g/mol. The van der Waals surface area contributed by atoms with E-state index in [1.807, 2.05) is 6.07 Å². The van der Waals surface area contributed by atoms with Crippen LogP contribution < -0.4 is 5.32 Å². The molecule has 4 rings (SSSR count). The lowest BCUT2D eigenvalue weighted by Gasteiger charge is -2.13. The van der Waals surface area contributed by atoms with E-state index >= 15 is 0 Å². The van der Waals surface area contributed by atoms with Crippen molar-refractivity contribution >= 4 is 23.5 Å². The lowest BCUT2D eigenvalue weighted by molar-refractivity contribution is 0.0718. The highest BCUT2D eigenvalue weighted by Crippen LogP contribution is 2.30. The van der Waals surface area contributed by atoms with Gasteiger partial charge in [0, 0.05) is 30.9 Å². The van der Waals surface area contributed by atoms with Crippen LogP contribution in [0.5, 0.6) is 0 Å². The third-order valence-electron chi connectivity index (χ3n) is 4.97. The molecule has 0 saturated carbocycles. The Morgan fingerprint density at radius 3 is 3.07 bits per heavy atom. The van der Waals surface area contributed by atoms with Crippen LogP contribution >= 0.6 is 11.6 Å². The molecule has 2 aliphatic rings. The average Bonchev–Trinajstić information content (AvgIpc) is 3.19. The first-order chi connectivity index (χ1) is 13.1. The van der Waals surface area contributed by atoms with E-state index in [1.165, 1.54) is 0 Å². The normalized spacial score (nSPS) is 17.6. The number of hydrogen-bond acceptors (Lipinski definition) is 6. The van der Waals surface area contributed by atoms with Crippen LogP contribution in [-0.4, -0.2) is 47.1 Å². The number of hydrogen-bond donors (Lipinski definition) is 1. The van der Waals surface area contributed by atoms with E-state index in [0.29, 0.717) is 48.2 Å². The van der Waals surface area contributed by atoms with Crippen molar-refractivity contribution in [2.24, 2.45) is 0 Å². The summed E-state index contributed by atoms with van der Waals surface area (Å²) < 4.78 is 5.05. The van der Waals surface area contributed by atoms with Crippen molar-refractivity contribution < 1.29 is 9.53 Å². The van der Waals surface area contributed by atoms with E-state index in [2.05, 4.69) is 21.4 Å². The van der Waals surface area contributed by atoms with Crippen LogP contribution in [-0.2, 0) is 24.1 Å². The number of benzene rings is 1. The summed E-state index contributed by atoms with van der Waals surface area (Å²) in [5.74, 6) is 0.438. The minimum absolute atomic E-state index is 0.0600. The summed E-state index contributed by atoms with van der Waals surface area (Å²) >= 11 is 6.10. The number of carbonyl (C=O) groups is 1. The molecule has 8 heteroatoms. The van der Waals surface area contributed by atoms with Crippen LogP contribution in [0.1, 0.15) is 32.7 Å². The Balaban J connectivity index is 1.48. The zero-order chi connectivity index (χ0) is 19.0. The number of nitrogens with one attached hydrogen (secondary N) is 1. The molecule has 0 radical (unpaired) electrons. The number of rotatable bonds is 5. The summed E-state index contributed by atoms with van der Waals surface area (Å²) in [6.45, 7) is 1.49. The minimum atomic E-state index is -0.0600. The van der Waals surface area contributed by atoms with Gasteiger partial charge in [-0.15, -0.1) is 0 Å². The second kappa shape index (κ2) is 7.14. The molecule has 1 aliphatic heterocycles. The third kappa shape index (κ3) is 3.34. The van der Waals surface area contributed by atoms with Gasteiger partial charge in [0.25, 0.3) is 5.91 Å². The summed E-state index contributed by atoms with van der Waals surface area (Å²) in [7, 11) is 1.61. The first kappa shape index (κ1) is 17.7. The molecule has 1 atom stereocenters. The second-order valence-corrected chi connectivity index (χ2v) is 7.16. The lowest BCUT2D eigenvalue weighted by atomic mass is 10.0. The van der Waals surface area contributed by atoms with Crippen LogP contribution in [0.25, 0.3) is 0 Å². The summed E-state index contributed by atoms with van der Waals surface area (Å²) in [6.07, 6.45) is 3.05. The number of anilines is 1. The number of amides is 1. The Bertz CT molecular complexity index is 956. The molecule has 7 nitrogen and oxygen atoms in total. The molecule has 0 fully saturated rings. The van der Waals surface area contributed by atoms with E-state index in [-0.39, 0.29) is 11.9 Å². The van der Waals surface area contributed by atoms with Crippen molar-refractivity contribution in [2.45, 2.75) is 25.4 Å². The first-order valence-electron chi connectivity index (χ1n) is 8.71. The highest BCUT2D eigenvalue weighted by Gasteiger charge is 2.30. The molecule has 1 amide bonds. The predicted octanol–water partition coefficient (Wildman–Crippen LogP) is 2.18. The van der Waals surface area contributed by atoms with E-state index in [9.17, 15) is 10.1 Å². The molecule has 0 bridgehead atoms. The van der Waals surface area contributed by atoms with Gasteiger partial charge in [0.1, 0.15) is 0 Å². The van der Waals surface area contributed by atoms with E-state index in [1.54, 1.807) is 24.3 Å². The average molecular weight is 384 g/mol. The fraction of sp³-hybridized carbons (Fsp3) is 0.368. The fourth-order valence-corrected chi connectivity index (χ4v) is 3.92. The van der Waals surface area contributed by atoms with Gasteiger partial charge in [0.05, 0.1) is 36.0 Å². The number of aromatic nitrogens is 2.